The maximum atomic E-state index is 3.51. The van der Waals surface area contributed by atoms with E-state index >= 15 is 0 Å². The highest BCUT2D eigenvalue weighted by molar-refractivity contribution is 9.10. The lowest BCUT2D eigenvalue weighted by Crippen LogP contribution is -2.25. The van der Waals surface area contributed by atoms with Crippen molar-refractivity contribution in [2.24, 2.45) is 0 Å². The summed E-state index contributed by atoms with van der Waals surface area (Å²) in [5.74, 6) is 0. The summed E-state index contributed by atoms with van der Waals surface area (Å²) in [6, 6.07) is 11.2. The van der Waals surface area contributed by atoms with Crippen LogP contribution in [0.2, 0.25) is 0 Å². The largest absolute Gasteiger partial charge is 0.313 e. The summed E-state index contributed by atoms with van der Waals surface area (Å²) < 4.78 is 2.31. The van der Waals surface area contributed by atoms with Crippen molar-refractivity contribution in [1.29, 1.82) is 0 Å². The third-order valence-electron chi connectivity index (χ3n) is 3.47. The molecule has 2 nitrogen and oxygen atoms in total. The molecular weight excluding hydrogens is 412 g/mol. The molecule has 1 unspecified atom stereocenters. The van der Waals surface area contributed by atoms with Gasteiger partial charge in [-0.3, -0.25) is 0 Å². The molecule has 0 spiro atoms. The third kappa shape index (κ3) is 5.49. The molecule has 5 heteroatoms. The van der Waals surface area contributed by atoms with Crippen LogP contribution in [0.1, 0.15) is 22.9 Å². The van der Waals surface area contributed by atoms with Crippen molar-refractivity contribution in [2.75, 3.05) is 20.6 Å². The van der Waals surface area contributed by atoms with Crippen LogP contribution in [0.3, 0.4) is 0 Å². The van der Waals surface area contributed by atoms with Crippen molar-refractivity contribution in [3.8, 4) is 0 Å². The maximum Gasteiger partial charge on any atom is 0.0329 e. The van der Waals surface area contributed by atoms with Crippen LogP contribution in [-0.4, -0.2) is 25.5 Å². The summed E-state index contributed by atoms with van der Waals surface area (Å²) in [6.45, 7) is 2.07. The lowest BCUT2D eigenvalue weighted by atomic mass is 10.0. The van der Waals surface area contributed by atoms with Gasteiger partial charge in [0.1, 0.15) is 0 Å². The molecule has 1 aromatic heterocycles. The zero-order valence-corrected chi connectivity index (χ0v) is 16.3. The van der Waals surface area contributed by atoms with Crippen molar-refractivity contribution >= 4 is 43.2 Å². The molecule has 0 bridgehead atoms. The van der Waals surface area contributed by atoms with E-state index < -0.39 is 0 Å². The van der Waals surface area contributed by atoms with Crippen LogP contribution < -0.4 is 5.32 Å². The molecule has 0 aliphatic heterocycles. The van der Waals surface area contributed by atoms with Gasteiger partial charge in [0.15, 0.2) is 0 Å². The average Bonchev–Trinajstić information content (AvgIpc) is 2.86. The Bertz CT molecular complexity index is 554. The van der Waals surface area contributed by atoms with Crippen molar-refractivity contribution < 1.29 is 0 Å². The SMILES string of the molecule is CNC(CCN(C)Cc1cc(Br)cs1)c1ccc(Br)cc1. The number of nitrogens with zero attached hydrogens (tertiary/aromatic N) is 1. The second kappa shape index (κ2) is 8.44. The molecule has 2 aromatic rings. The smallest absolute Gasteiger partial charge is 0.0329 e. The van der Waals surface area contributed by atoms with E-state index in [4.69, 9.17) is 0 Å². The van der Waals surface area contributed by atoms with Gasteiger partial charge >= 0.3 is 0 Å². The summed E-state index contributed by atoms with van der Waals surface area (Å²) in [6.07, 6.45) is 1.10. The first kappa shape index (κ1) is 17.2. The number of thiophene rings is 1. The van der Waals surface area contributed by atoms with Crippen LogP contribution in [0.4, 0.5) is 0 Å². The molecule has 114 valence electrons. The summed E-state index contributed by atoms with van der Waals surface area (Å²) >= 11 is 8.80. The van der Waals surface area contributed by atoms with Gasteiger partial charge in [-0.25, -0.2) is 0 Å². The Labute approximate surface area is 147 Å². The number of nitrogens with one attached hydrogen (secondary N) is 1. The minimum Gasteiger partial charge on any atom is -0.313 e. The Kier molecular flexibility index (Phi) is 6.89. The Hall–Kier alpha value is -0.200. The summed E-state index contributed by atoms with van der Waals surface area (Å²) in [7, 11) is 4.21. The number of halogens is 2. The van der Waals surface area contributed by atoms with Gasteiger partial charge in [0.2, 0.25) is 0 Å². The number of hydrogen-bond donors (Lipinski definition) is 1. The van der Waals surface area contributed by atoms with Crippen LogP contribution in [0, 0.1) is 0 Å². The molecule has 0 fully saturated rings. The molecule has 0 aliphatic rings. The Morgan fingerprint density at radius 1 is 1.19 bits per heavy atom. The summed E-state index contributed by atoms with van der Waals surface area (Å²) in [4.78, 5) is 3.77. The normalized spacial score (nSPS) is 12.8. The molecule has 2 rings (SSSR count). The Morgan fingerprint density at radius 2 is 1.90 bits per heavy atom. The van der Waals surface area contributed by atoms with Crippen LogP contribution in [0.15, 0.2) is 44.7 Å². The summed E-state index contributed by atoms with van der Waals surface area (Å²) in [5.41, 5.74) is 1.34. The van der Waals surface area contributed by atoms with E-state index in [1.165, 1.54) is 14.9 Å². The first-order valence-corrected chi connectivity index (χ1v) is 9.39. The van der Waals surface area contributed by atoms with Crippen molar-refractivity contribution in [2.45, 2.75) is 19.0 Å². The van der Waals surface area contributed by atoms with Gasteiger partial charge in [-0.1, -0.05) is 28.1 Å². The van der Waals surface area contributed by atoms with Gasteiger partial charge in [0.05, 0.1) is 0 Å². The molecule has 21 heavy (non-hydrogen) atoms. The highest BCUT2D eigenvalue weighted by Gasteiger charge is 2.11. The third-order valence-corrected chi connectivity index (χ3v) is 5.68. The van der Waals surface area contributed by atoms with Gasteiger partial charge in [-0.05, 0) is 60.2 Å². The molecule has 0 saturated heterocycles. The topological polar surface area (TPSA) is 15.3 Å². The van der Waals surface area contributed by atoms with E-state index in [-0.39, 0.29) is 0 Å². The Balaban J connectivity index is 1.86. The molecule has 0 amide bonds. The van der Waals surface area contributed by atoms with E-state index in [1.54, 1.807) is 11.3 Å². The molecule has 1 N–H and O–H groups in total. The Morgan fingerprint density at radius 3 is 2.48 bits per heavy atom. The lowest BCUT2D eigenvalue weighted by molar-refractivity contribution is 0.306. The molecule has 0 saturated carbocycles. The van der Waals surface area contributed by atoms with E-state index in [9.17, 15) is 0 Å². The quantitative estimate of drug-likeness (QED) is 0.659. The maximum absolute atomic E-state index is 3.51. The lowest BCUT2D eigenvalue weighted by Gasteiger charge is -2.21. The number of benzene rings is 1. The first-order valence-electron chi connectivity index (χ1n) is 6.92. The second-order valence-electron chi connectivity index (χ2n) is 5.15. The predicted octanol–water partition coefficient (Wildman–Crippen LogP) is 5.06. The fourth-order valence-electron chi connectivity index (χ4n) is 2.30. The monoisotopic (exact) mass is 430 g/mol. The van der Waals surface area contributed by atoms with Gasteiger partial charge in [-0.15, -0.1) is 11.3 Å². The van der Waals surface area contributed by atoms with Crippen molar-refractivity contribution in [3.63, 3.8) is 0 Å². The van der Waals surface area contributed by atoms with Gasteiger partial charge < -0.3 is 10.2 Å². The predicted molar refractivity (Wildman–Crippen MR) is 98.9 cm³/mol. The highest BCUT2D eigenvalue weighted by Crippen LogP contribution is 2.22. The fourth-order valence-corrected chi connectivity index (χ4v) is 4.10. The van der Waals surface area contributed by atoms with Crippen LogP contribution >= 0.6 is 43.2 Å². The molecular formula is C16H20Br2N2S. The van der Waals surface area contributed by atoms with Crippen LogP contribution in [0.5, 0.6) is 0 Å². The highest BCUT2D eigenvalue weighted by atomic mass is 79.9. The number of rotatable bonds is 7. The van der Waals surface area contributed by atoms with Crippen molar-refractivity contribution in [3.05, 3.63) is 55.1 Å². The van der Waals surface area contributed by atoms with Crippen molar-refractivity contribution in [1.82, 2.24) is 10.2 Å². The van der Waals surface area contributed by atoms with E-state index in [0.29, 0.717) is 6.04 Å². The molecule has 0 aliphatic carbocycles. The first-order chi connectivity index (χ1) is 10.1. The average molecular weight is 432 g/mol. The standard InChI is InChI=1S/C16H20Br2N2S/c1-19-16(12-3-5-13(17)6-4-12)7-8-20(2)10-15-9-14(18)11-21-15/h3-6,9,11,16,19H,7-8,10H2,1-2H3. The fraction of sp³-hybridized carbons (Fsp3) is 0.375. The van der Waals surface area contributed by atoms with Gasteiger partial charge in [0.25, 0.3) is 0 Å². The van der Waals surface area contributed by atoms with Gasteiger partial charge in [-0.2, -0.15) is 0 Å². The molecule has 1 aromatic carbocycles. The van der Waals surface area contributed by atoms with Crippen LogP contribution in [-0.2, 0) is 6.54 Å². The molecule has 1 heterocycles. The van der Waals surface area contributed by atoms with E-state index in [0.717, 1.165) is 24.0 Å². The molecule has 0 radical (unpaired) electrons. The zero-order valence-electron chi connectivity index (χ0n) is 12.3. The minimum atomic E-state index is 0.399. The van der Waals surface area contributed by atoms with E-state index in [2.05, 4.69) is 84.8 Å². The van der Waals surface area contributed by atoms with E-state index in [1.807, 2.05) is 7.05 Å². The van der Waals surface area contributed by atoms with Crippen LogP contribution in [0.25, 0.3) is 0 Å². The minimum absolute atomic E-state index is 0.399. The second-order valence-corrected chi connectivity index (χ2v) is 7.98. The summed E-state index contributed by atoms with van der Waals surface area (Å²) in [5, 5.41) is 5.55. The molecule has 1 atom stereocenters. The van der Waals surface area contributed by atoms with Gasteiger partial charge in [0, 0.05) is 38.3 Å². The zero-order chi connectivity index (χ0) is 15.2. The number of hydrogen-bond acceptors (Lipinski definition) is 3.